The molecule has 0 saturated heterocycles. The summed E-state index contributed by atoms with van der Waals surface area (Å²) in [5, 5.41) is 7.16. The molecule has 5 rings (SSSR count). The number of anilines is 1. The molecule has 1 fully saturated rings. The number of nitrogens with zero attached hydrogens (tertiary/aromatic N) is 2. The molecule has 0 radical (unpaired) electrons. The van der Waals surface area contributed by atoms with Crippen molar-refractivity contribution in [3.63, 3.8) is 0 Å². The van der Waals surface area contributed by atoms with Crippen LogP contribution < -0.4 is 10.6 Å². The molecule has 1 aliphatic carbocycles. The molecule has 1 aromatic carbocycles. The normalized spacial score (nSPS) is 21.3. The highest BCUT2D eigenvalue weighted by Crippen LogP contribution is 2.33. The van der Waals surface area contributed by atoms with Crippen LogP contribution in [0.4, 0.5) is 5.69 Å². The minimum atomic E-state index is 0.0552. The zero-order chi connectivity index (χ0) is 20.5. The fourth-order valence-corrected chi connectivity index (χ4v) is 5.83. The average molecular weight is 439 g/mol. The predicted octanol–water partition coefficient (Wildman–Crippen LogP) is 4.27. The van der Waals surface area contributed by atoms with E-state index in [0.29, 0.717) is 16.8 Å². The summed E-state index contributed by atoms with van der Waals surface area (Å²) >= 11 is 2.98. The van der Waals surface area contributed by atoms with Gasteiger partial charge in [-0.3, -0.25) is 9.59 Å². The first-order chi connectivity index (χ1) is 14.7. The molecule has 6 nitrogen and oxygen atoms in total. The number of ketones is 1. The predicted molar refractivity (Wildman–Crippen MR) is 120 cm³/mol. The van der Waals surface area contributed by atoms with E-state index in [1.807, 2.05) is 12.1 Å². The number of aromatic nitrogens is 2. The zero-order valence-electron chi connectivity index (χ0n) is 16.4. The summed E-state index contributed by atoms with van der Waals surface area (Å²) in [6.07, 6.45) is 5.47. The molecular weight excluding hydrogens is 416 g/mol. The van der Waals surface area contributed by atoms with Crippen molar-refractivity contribution < 1.29 is 9.59 Å². The highest BCUT2D eigenvalue weighted by molar-refractivity contribution is 8.00. The topological polar surface area (TPSA) is 84.0 Å². The number of hydrogen-bond donors (Lipinski definition) is 2. The molecule has 0 spiro atoms. The lowest BCUT2D eigenvalue weighted by molar-refractivity contribution is -0.113. The van der Waals surface area contributed by atoms with Gasteiger partial charge >= 0.3 is 0 Å². The van der Waals surface area contributed by atoms with Crippen LogP contribution in [0.2, 0.25) is 0 Å². The van der Waals surface area contributed by atoms with Gasteiger partial charge in [0.1, 0.15) is 10.3 Å². The van der Waals surface area contributed by atoms with E-state index in [-0.39, 0.29) is 17.6 Å². The van der Waals surface area contributed by atoms with Gasteiger partial charge in [0.2, 0.25) is 5.91 Å². The smallest absolute Gasteiger partial charge is 0.234 e. The van der Waals surface area contributed by atoms with Crippen LogP contribution in [-0.4, -0.2) is 33.5 Å². The van der Waals surface area contributed by atoms with Crippen LogP contribution in [0, 0.1) is 5.92 Å². The Kier molecular flexibility index (Phi) is 5.54. The summed E-state index contributed by atoms with van der Waals surface area (Å²) in [6, 6.07) is 10.4. The lowest BCUT2D eigenvalue weighted by atomic mass is 9.83. The van der Waals surface area contributed by atoms with E-state index < -0.39 is 0 Å². The quantitative estimate of drug-likeness (QED) is 0.579. The van der Waals surface area contributed by atoms with Gasteiger partial charge in [-0.15, -0.1) is 11.8 Å². The molecule has 1 saturated carbocycles. The number of carbonyl (C=O) groups excluding carboxylic acids is 2. The van der Waals surface area contributed by atoms with Gasteiger partial charge in [0.25, 0.3) is 0 Å². The van der Waals surface area contributed by atoms with Crippen LogP contribution in [0.1, 0.15) is 41.0 Å². The maximum Gasteiger partial charge on any atom is 0.234 e. The molecule has 1 aliphatic heterocycles. The molecule has 0 unspecified atom stereocenters. The molecule has 0 bridgehead atoms. The van der Waals surface area contributed by atoms with Crippen LogP contribution >= 0.6 is 23.1 Å². The van der Waals surface area contributed by atoms with Crippen LogP contribution in [0.5, 0.6) is 0 Å². The molecule has 1 amide bonds. The number of rotatable bonds is 5. The van der Waals surface area contributed by atoms with Crippen molar-refractivity contribution in [2.75, 3.05) is 11.1 Å². The fraction of sp³-hybridized carbons (Fsp3) is 0.364. The Bertz CT molecular complexity index is 1070. The Morgan fingerprint density at radius 2 is 2.07 bits per heavy atom. The largest absolute Gasteiger partial charge is 0.324 e. The van der Waals surface area contributed by atoms with Crippen LogP contribution in [-0.2, 0) is 11.3 Å². The van der Waals surface area contributed by atoms with Crippen molar-refractivity contribution in [3.8, 4) is 0 Å². The number of pyridine rings is 1. The highest BCUT2D eigenvalue weighted by atomic mass is 32.2. The summed E-state index contributed by atoms with van der Waals surface area (Å²) in [5.74, 6) is 0.767. The van der Waals surface area contributed by atoms with Gasteiger partial charge in [0.05, 0.1) is 11.4 Å². The van der Waals surface area contributed by atoms with Crippen LogP contribution in [0.25, 0.3) is 10.3 Å². The Balaban J connectivity index is 1.15. The third-order valence-corrected chi connectivity index (χ3v) is 7.81. The minimum Gasteiger partial charge on any atom is -0.324 e. The molecule has 2 aliphatic rings. The van der Waals surface area contributed by atoms with E-state index in [1.54, 1.807) is 18.0 Å². The van der Waals surface area contributed by atoms with Crippen molar-refractivity contribution in [1.29, 1.82) is 0 Å². The standard InChI is InChI=1S/C22H22N4O2S2/c27-19-12-29-18-8-3-13(10-17(18)25-19)11-24-15-6-4-14(5-7-15)20(28)22-26-16-2-1-9-23-21(16)30-22/h1-3,8-10,14-15,24H,4-7,11-12H2,(H,25,27)/t14-,15-. The summed E-state index contributed by atoms with van der Waals surface area (Å²) in [7, 11) is 0. The Labute approximate surface area is 182 Å². The van der Waals surface area contributed by atoms with Gasteiger partial charge in [-0.2, -0.15) is 0 Å². The SMILES string of the molecule is O=C1CSc2ccc(CN[C@H]3CC[C@H](C(=O)c4nc5cccnc5s4)CC3)cc2N1. The molecule has 8 heteroatoms. The monoisotopic (exact) mass is 438 g/mol. The number of nitrogens with one attached hydrogen (secondary N) is 2. The number of thiazole rings is 1. The molecule has 3 aromatic rings. The molecular formula is C22H22N4O2S2. The molecule has 2 aromatic heterocycles. The van der Waals surface area contributed by atoms with Crippen molar-refractivity contribution in [3.05, 3.63) is 47.1 Å². The second-order valence-corrected chi connectivity index (χ2v) is 9.80. The number of fused-ring (bicyclic) bond motifs is 2. The third kappa shape index (κ3) is 4.12. The first-order valence-corrected chi connectivity index (χ1v) is 12.0. The summed E-state index contributed by atoms with van der Waals surface area (Å²) in [4.78, 5) is 35.2. The van der Waals surface area contributed by atoms with E-state index in [9.17, 15) is 9.59 Å². The molecule has 30 heavy (non-hydrogen) atoms. The van der Waals surface area contributed by atoms with Crippen molar-refractivity contribution in [2.24, 2.45) is 5.92 Å². The van der Waals surface area contributed by atoms with E-state index in [2.05, 4.69) is 38.8 Å². The fourth-order valence-electron chi connectivity index (χ4n) is 4.11. The Hall–Kier alpha value is -2.29. The van der Waals surface area contributed by atoms with Crippen molar-refractivity contribution in [1.82, 2.24) is 15.3 Å². The number of benzene rings is 1. The highest BCUT2D eigenvalue weighted by Gasteiger charge is 2.29. The van der Waals surface area contributed by atoms with E-state index in [4.69, 9.17) is 0 Å². The first kappa shape index (κ1) is 19.7. The third-order valence-electron chi connectivity index (χ3n) is 5.75. The average Bonchev–Trinajstić information content (AvgIpc) is 3.21. The molecule has 0 atom stereocenters. The maximum absolute atomic E-state index is 12.9. The molecule has 154 valence electrons. The van der Waals surface area contributed by atoms with Gasteiger partial charge in [-0.25, -0.2) is 9.97 Å². The summed E-state index contributed by atoms with van der Waals surface area (Å²) in [6.45, 7) is 0.765. The second-order valence-electron chi connectivity index (χ2n) is 7.81. The van der Waals surface area contributed by atoms with E-state index in [1.165, 1.54) is 11.3 Å². The molecule has 2 N–H and O–H groups in total. The first-order valence-electron chi connectivity index (χ1n) is 10.2. The van der Waals surface area contributed by atoms with Gasteiger partial charge in [-0.1, -0.05) is 17.4 Å². The second kappa shape index (κ2) is 8.45. The van der Waals surface area contributed by atoms with Gasteiger partial charge in [0.15, 0.2) is 10.8 Å². The van der Waals surface area contributed by atoms with Gasteiger partial charge in [-0.05, 0) is 55.5 Å². The van der Waals surface area contributed by atoms with Gasteiger partial charge < -0.3 is 10.6 Å². The van der Waals surface area contributed by atoms with Crippen molar-refractivity contribution in [2.45, 2.75) is 43.2 Å². The summed E-state index contributed by atoms with van der Waals surface area (Å²) in [5.41, 5.74) is 2.88. The minimum absolute atomic E-state index is 0.0552. The van der Waals surface area contributed by atoms with E-state index in [0.717, 1.165) is 58.7 Å². The number of thioether (sulfide) groups is 1. The lowest BCUT2D eigenvalue weighted by Gasteiger charge is -2.28. The molecule has 3 heterocycles. The van der Waals surface area contributed by atoms with E-state index >= 15 is 0 Å². The van der Waals surface area contributed by atoms with Gasteiger partial charge in [0, 0.05) is 29.6 Å². The Morgan fingerprint density at radius 3 is 2.90 bits per heavy atom. The van der Waals surface area contributed by atoms with Crippen LogP contribution in [0.3, 0.4) is 0 Å². The summed E-state index contributed by atoms with van der Waals surface area (Å²) < 4.78 is 0. The number of Topliss-reactive ketones (excluding diaryl/α,β-unsaturated/α-hetero) is 1. The zero-order valence-corrected chi connectivity index (χ0v) is 18.0. The lowest BCUT2D eigenvalue weighted by Crippen LogP contribution is -2.34. The number of carbonyl (C=O) groups is 2. The Morgan fingerprint density at radius 1 is 1.20 bits per heavy atom. The maximum atomic E-state index is 12.9. The van der Waals surface area contributed by atoms with Crippen LogP contribution in [0.15, 0.2) is 41.4 Å². The van der Waals surface area contributed by atoms with Crippen molar-refractivity contribution >= 4 is 50.8 Å². The number of hydrogen-bond acceptors (Lipinski definition) is 7. The number of amides is 1.